The predicted molar refractivity (Wildman–Crippen MR) is 220 cm³/mol. The quantitative estimate of drug-likeness (QED) is 0.0963. The second-order valence-corrected chi connectivity index (χ2v) is 15.0. The monoisotopic (exact) mass is 885 g/mol. The highest BCUT2D eigenvalue weighted by Crippen LogP contribution is 2.29. The summed E-state index contributed by atoms with van der Waals surface area (Å²) in [5.41, 5.74) is -0.290. The molecular formula is C42H31N9O12S. The van der Waals surface area contributed by atoms with Crippen LogP contribution in [-0.4, -0.2) is 101 Å². The maximum absolute atomic E-state index is 13.3. The molecule has 6 aromatic heterocycles. The first-order valence-electron chi connectivity index (χ1n) is 18.8. The summed E-state index contributed by atoms with van der Waals surface area (Å²) < 4.78 is 5.04. The fraction of sp³-hybridized carbons (Fsp3) is 0.143. The first-order valence-corrected chi connectivity index (χ1v) is 19.6. The molecule has 3 aliphatic heterocycles. The Labute approximate surface area is 364 Å². The van der Waals surface area contributed by atoms with Crippen molar-refractivity contribution in [2.45, 2.75) is 39.3 Å². The average molecular weight is 886 g/mol. The summed E-state index contributed by atoms with van der Waals surface area (Å²) >= 11 is 0.299. The van der Waals surface area contributed by atoms with E-state index in [0.717, 1.165) is 0 Å². The number of hydrogen-bond acceptors (Lipinski definition) is 17. The van der Waals surface area contributed by atoms with Gasteiger partial charge in [0, 0.05) is 39.3 Å². The third kappa shape index (κ3) is 9.39. The maximum Gasteiger partial charge on any atom is 0.351 e. The number of pyridine rings is 6. The summed E-state index contributed by atoms with van der Waals surface area (Å²) in [4.78, 5) is 108. The highest BCUT2D eigenvalue weighted by Gasteiger charge is 2.25. The minimum absolute atomic E-state index is 0.00774. The molecule has 3 aliphatic rings. The number of carboxylic acid groups (broad SMARTS) is 5. The van der Waals surface area contributed by atoms with E-state index in [2.05, 4.69) is 0 Å². The van der Waals surface area contributed by atoms with Crippen molar-refractivity contribution >= 4 is 48.0 Å². The molecule has 9 heterocycles. The minimum Gasteiger partial charge on any atom is -0.478 e. The van der Waals surface area contributed by atoms with Gasteiger partial charge in [-0.15, -0.1) is 0 Å². The van der Waals surface area contributed by atoms with Crippen molar-refractivity contribution in [2.75, 3.05) is 0 Å². The predicted octanol–water partition coefficient (Wildman–Crippen LogP) is 4.26. The smallest absolute Gasteiger partial charge is 0.351 e. The number of nitrogens with zero attached hydrogens (tertiary/aromatic N) is 8. The molecule has 0 amide bonds. The number of carboxylic acids is 5. The lowest BCUT2D eigenvalue weighted by Gasteiger charge is -2.25. The van der Waals surface area contributed by atoms with Gasteiger partial charge in [0.2, 0.25) is 0 Å². The SMILES string of the molecule is NSOC(=O)c1cc2nc(c1)-c1cc(C(=O)O)cc(n1)CN1Cc3cc(C(=O)O)cc(n3)-c3cc(C(=O)O)cc(n3)CN(Cc3cc(C(=O)O)cc(n3)-c3cc(C(=O)O)cc(n3)C1)C2. The fourth-order valence-electron chi connectivity index (χ4n) is 7.34. The highest BCUT2D eigenvalue weighted by molar-refractivity contribution is 7.92. The summed E-state index contributed by atoms with van der Waals surface area (Å²) in [5, 5.41) is 56.8. The number of carbonyl (C=O) groups is 6. The van der Waals surface area contributed by atoms with Gasteiger partial charge in [0.1, 0.15) is 12.2 Å². The lowest BCUT2D eigenvalue weighted by molar-refractivity contribution is 0.0685. The molecule has 7 N–H and O–H groups in total. The average Bonchev–Trinajstić information content (AvgIpc) is 3.25. The van der Waals surface area contributed by atoms with Crippen LogP contribution in [-0.2, 0) is 43.5 Å². The van der Waals surface area contributed by atoms with E-state index in [9.17, 15) is 54.3 Å². The zero-order valence-electron chi connectivity index (χ0n) is 32.8. The third-order valence-electron chi connectivity index (χ3n) is 9.97. The van der Waals surface area contributed by atoms with E-state index in [1.165, 1.54) is 72.8 Å². The van der Waals surface area contributed by atoms with E-state index in [-0.39, 0.29) is 141 Å². The van der Waals surface area contributed by atoms with Gasteiger partial charge in [-0.25, -0.2) is 63.8 Å². The van der Waals surface area contributed by atoms with Crippen molar-refractivity contribution < 1.29 is 58.5 Å². The number of aromatic nitrogens is 6. The van der Waals surface area contributed by atoms with Crippen LogP contribution in [0.5, 0.6) is 0 Å². The van der Waals surface area contributed by atoms with E-state index in [1.807, 2.05) is 0 Å². The second kappa shape index (κ2) is 17.4. The van der Waals surface area contributed by atoms with E-state index < -0.39 is 35.8 Å². The largest absolute Gasteiger partial charge is 0.478 e. The number of aromatic carboxylic acids is 5. The van der Waals surface area contributed by atoms with Gasteiger partial charge in [-0.05, 0) is 72.8 Å². The molecule has 0 spiro atoms. The van der Waals surface area contributed by atoms with Crippen molar-refractivity contribution in [2.24, 2.45) is 5.14 Å². The second-order valence-electron chi connectivity index (χ2n) is 14.7. The van der Waals surface area contributed by atoms with Gasteiger partial charge in [0.05, 0.1) is 102 Å². The number of carbonyl (C=O) groups excluding carboxylic acids is 1. The third-order valence-corrected chi connectivity index (χ3v) is 10.2. The maximum atomic E-state index is 13.3. The molecule has 0 atom stereocenters. The Bertz CT molecular complexity index is 2850. The van der Waals surface area contributed by atoms with Gasteiger partial charge in [-0.3, -0.25) is 9.80 Å². The molecule has 6 aromatic rings. The molecule has 0 unspecified atom stereocenters. The molecule has 64 heavy (non-hydrogen) atoms. The van der Waals surface area contributed by atoms with Crippen LogP contribution >= 0.6 is 12.2 Å². The summed E-state index contributed by atoms with van der Waals surface area (Å²) in [7, 11) is 0. The molecule has 14 bridgehead atoms. The van der Waals surface area contributed by atoms with Gasteiger partial charge in [-0.2, -0.15) is 0 Å². The molecule has 0 radical (unpaired) electrons. The van der Waals surface area contributed by atoms with Crippen LogP contribution in [0.2, 0.25) is 0 Å². The van der Waals surface area contributed by atoms with Crippen LogP contribution in [0.3, 0.4) is 0 Å². The van der Waals surface area contributed by atoms with Crippen molar-refractivity contribution in [3.63, 3.8) is 0 Å². The minimum atomic E-state index is -1.33. The fourth-order valence-corrected chi connectivity index (χ4v) is 7.52. The van der Waals surface area contributed by atoms with Crippen molar-refractivity contribution in [3.05, 3.63) is 140 Å². The standard InChI is InChI=1S/C42H31N9O12S/c43-64-63-42(62)24-6-30-18-51-16-27-3-21(39(56)57)9-33(46-27)31-7-19(37(52)53)1-25(44-31)13-50(15-29-5-23(41(60)61)11-35(48-29)36(12-24)49-30)14-26-2-20(38(54)55)8-32(45-26)34-10-22(40(58)59)4-28(17-51)47-34/h1-12H,13-18,43H2,(H,52,53)(H,54,55)(H,56,57)(H,58,59)(H,60,61). The van der Waals surface area contributed by atoms with E-state index in [4.69, 9.17) is 39.2 Å². The van der Waals surface area contributed by atoms with Crippen molar-refractivity contribution in [1.29, 1.82) is 0 Å². The Kier molecular flexibility index (Phi) is 11.6. The van der Waals surface area contributed by atoms with Gasteiger partial charge in [0.15, 0.2) is 0 Å². The van der Waals surface area contributed by atoms with Crippen molar-refractivity contribution in [3.8, 4) is 34.2 Å². The molecule has 21 nitrogen and oxygen atoms in total. The molecule has 22 heteroatoms. The zero-order valence-corrected chi connectivity index (χ0v) is 33.6. The summed E-state index contributed by atoms with van der Waals surface area (Å²) in [6, 6.07) is 15.4. The summed E-state index contributed by atoms with van der Waals surface area (Å²) in [5.74, 6) is -7.54. The Morgan fingerprint density at radius 3 is 0.797 bits per heavy atom. The van der Waals surface area contributed by atoms with Crippen LogP contribution < -0.4 is 5.14 Å². The highest BCUT2D eigenvalue weighted by atomic mass is 32.2. The number of hydrogen-bond donors (Lipinski definition) is 6. The Morgan fingerprint density at radius 2 is 0.594 bits per heavy atom. The lowest BCUT2D eigenvalue weighted by Crippen LogP contribution is -2.26. The van der Waals surface area contributed by atoms with Crippen LogP contribution in [0.25, 0.3) is 34.2 Å². The number of rotatable bonds is 7. The molecule has 0 saturated carbocycles. The van der Waals surface area contributed by atoms with E-state index in [0.29, 0.717) is 12.2 Å². The Balaban J connectivity index is 1.47. The molecule has 0 saturated heterocycles. The number of nitrogens with two attached hydrogens (primary N) is 1. The molecule has 322 valence electrons. The van der Waals surface area contributed by atoms with E-state index >= 15 is 0 Å². The zero-order chi connectivity index (χ0) is 45.4. The van der Waals surface area contributed by atoms with Crippen LogP contribution in [0.4, 0.5) is 0 Å². The van der Waals surface area contributed by atoms with Crippen LogP contribution in [0, 0.1) is 0 Å². The van der Waals surface area contributed by atoms with Crippen molar-refractivity contribution in [1.82, 2.24) is 39.7 Å². The van der Waals surface area contributed by atoms with Gasteiger partial charge < -0.3 is 29.7 Å². The Morgan fingerprint density at radius 1 is 0.391 bits per heavy atom. The molecule has 0 fully saturated rings. The molecular weight excluding hydrogens is 855 g/mol. The summed E-state index contributed by atoms with van der Waals surface area (Å²) in [6.45, 7) is -1.25. The van der Waals surface area contributed by atoms with Gasteiger partial charge >= 0.3 is 35.8 Å². The molecule has 9 rings (SSSR count). The molecule has 0 aromatic carbocycles. The Hall–Kier alpha value is -8.05. The van der Waals surface area contributed by atoms with Crippen LogP contribution in [0.1, 0.15) is 96.3 Å². The van der Waals surface area contributed by atoms with Crippen LogP contribution in [0.15, 0.2) is 72.8 Å². The first-order chi connectivity index (χ1) is 30.6. The van der Waals surface area contributed by atoms with Gasteiger partial charge in [0.25, 0.3) is 0 Å². The molecule has 0 aliphatic carbocycles. The normalized spacial score (nSPS) is 15.3. The lowest BCUT2D eigenvalue weighted by atomic mass is 10.1. The topological polar surface area (TPSA) is 323 Å². The summed E-state index contributed by atoms with van der Waals surface area (Å²) in [6.07, 6.45) is 0. The van der Waals surface area contributed by atoms with Gasteiger partial charge in [-0.1, -0.05) is 0 Å². The first kappa shape index (κ1) is 42.6. The van der Waals surface area contributed by atoms with E-state index in [1.54, 1.807) is 9.80 Å².